The van der Waals surface area contributed by atoms with Gasteiger partial charge in [-0.25, -0.2) is 0 Å². The molecule has 0 aliphatic heterocycles. The summed E-state index contributed by atoms with van der Waals surface area (Å²) in [7, 11) is 0. The van der Waals surface area contributed by atoms with Crippen LogP contribution in [0.25, 0.3) is 11.6 Å². The highest BCUT2D eigenvalue weighted by Crippen LogP contribution is 2.29. The van der Waals surface area contributed by atoms with Gasteiger partial charge in [0.15, 0.2) is 0 Å². The Bertz CT molecular complexity index is 681. The lowest BCUT2D eigenvalue weighted by Crippen LogP contribution is -2.05. The van der Waals surface area contributed by atoms with E-state index in [0.29, 0.717) is 0 Å². The van der Waals surface area contributed by atoms with Gasteiger partial charge in [0, 0.05) is 6.20 Å². The number of alkyl halides is 3. The molecule has 0 spiro atoms. The number of hydrogen-bond donors (Lipinski definition) is 0. The summed E-state index contributed by atoms with van der Waals surface area (Å²) >= 11 is 4.75. The number of thiophene rings is 1. The Balaban J connectivity index is 2.34. The molecule has 2 aromatic rings. The fraction of sp³-hybridized carbons (Fsp3) is 0.0769. The standard InChI is InChI=1S/C13H6BrF3N2S/c14-12-4-8(7-20-12)3-9(5-18)11-2-1-10(6-19-11)13(15,16)17/h1-4,6-7H/b9-3+. The minimum Gasteiger partial charge on any atom is -0.255 e. The second kappa shape index (κ2) is 5.77. The number of allylic oxidation sites excluding steroid dienone is 1. The normalized spacial score (nSPS) is 12.2. The van der Waals surface area contributed by atoms with Gasteiger partial charge < -0.3 is 0 Å². The molecule has 102 valence electrons. The first kappa shape index (κ1) is 14.8. The van der Waals surface area contributed by atoms with Crippen molar-refractivity contribution in [1.82, 2.24) is 4.98 Å². The minimum absolute atomic E-state index is 0.211. The number of halogens is 4. The van der Waals surface area contributed by atoms with Gasteiger partial charge in [-0.3, -0.25) is 4.98 Å². The van der Waals surface area contributed by atoms with E-state index >= 15 is 0 Å². The van der Waals surface area contributed by atoms with Gasteiger partial charge in [-0.05, 0) is 51.1 Å². The third kappa shape index (κ3) is 3.46. The first-order valence-electron chi connectivity index (χ1n) is 5.29. The number of rotatable bonds is 2. The molecule has 0 saturated carbocycles. The lowest BCUT2D eigenvalue weighted by molar-refractivity contribution is -0.137. The van der Waals surface area contributed by atoms with Crippen LogP contribution in [0.1, 0.15) is 16.8 Å². The monoisotopic (exact) mass is 358 g/mol. The van der Waals surface area contributed by atoms with Gasteiger partial charge in [-0.15, -0.1) is 11.3 Å². The second-order valence-corrected chi connectivity index (χ2v) is 6.07. The van der Waals surface area contributed by atoms with Crippen LogP contribution >= 0.6 is 27.3 Å². The molecule has 7 heteroatoms. The van der Waals surface area contributed by atoms with Crippen molar-refractivity contribution in [3.63, 3.8) is 0 Å². The molecular weight excluding hydrogens is 353 g/mol. The second-order valence-electron chi connectivity index (χ2n) is 3.78. The van der Waals surface area contributed by atoms with E-state index in [2.05, 4.69) is 20.9 Å². The summed E-state index contributed by atoms with van der Waals surface area (Å²) in [5.74, 6) is 0. The molecule has 0 fully saturated rings. The van der Waals surface area contributed by atoms with Crippen molar-refractivity contribution < 1.29 is 13.2 Å². The summed E-state index contributed by atoms with van der Waals surface area (Å²) in [5.41, 5.74) is 0.379. The maximum atomic E-state index is 12.4. The lowest BCUT2D eigenvalue weighted by atomic mass is 10.1. The molecular formula is C13H6BrF3N2S. The number of hydrogen-bond acceptors (Lipinski definition) is 3. The molecule has 0 aliphatic rings. The molecule has 0 N–H and O–H groups in total. The van der Waals surface area contributed by atoms with E-state index in [1.165, 1.54) is 17.4 Å². The van der Waals surface area contributed by atoms with Gasteiger partial charge in [0.1, 0.15) is 6.07 Å². The zero-order chi connectivity index (χ0) is 14.8. The summed E-state index contributed by atoms with van der Waals surface area (Å²) in [6.45, 7) is 0. The van der Waals surface area contributed by atoms with Gasteiger partial charge in [0.25, 0.3) is 0 Å². The van der Waals surface area contributed by atoms with Crippen molar-refractivity contribution in [2.75, 3.05) is 0 Å². The molecule has 0 atom stereocenters. The van der Waals surface area contributed by atoms with Crippen molar-refractivity contribution in [2.24, 2.45) is 0 Å². The molecule has 0 saturated heterocycles. The summed E-state index contributed by atoms with van der Waals surface area (Å²) in [6, 6.07) is 5.86. The number of pyridine rings is 1. The number of nitrogens with zero attached hydrogens (tertiary/aromatic N) is 2. The number of aromatic nitrogens is 1. The molecule has 0 aliphatic carbocycles. The van der Waals surface area contributed by atoms with Crippen molar-refractivity contribution >= 4 is 38.9 Å². The van der Waals surface area contributed by atoms with E-state index < -0.39 is 11.7 Å². The van der Waals surface area contributed by atoms with Gasteiger partial charge in [-0.2, -0.15) is 18.4 Å². The van der Waals surface area contributed by atoms with E-state index in [1.54, 1.807) is 6.08 Å². The predicted molar refractivity (Wildman–Crippen MR) is 74.7 cm³/mol. The van der Waals surface area contributed by atoms with Crippen LogP contribution in [0.5, 0.6) is 0 Å². The van der Waals surface area contributed by atoms with Gasteiger partial charge >= 0.3 is 6.18 Å². The highest BCUT2D eigenvalue weighted by Gasteiger charge is 2.30. The van der Waals surface area contributed by atoms with E-state index in [1.807, 2.05) is 17.5 Å². The van der Waals surface area contributed by atoms with Crippen LogP contribution < -0.4 is 0 Å². The molecule has 0 amide bonds. The maximum Gasteiger partial charge on any atom is 0.417 e. The Morgan fingerprint density at radius 1 is 1.40 bits per heavy atom. The van der Waals surface area contributed by atoms with Crippen LogP contribution in [0.15, 0.2) is 33.6 Å². The quantitative estimate of drug-likeness (QED) is 0.709. The smallest absolute Gasteiger partial charge is 0.255 e. The Morgan fingerprint density at radius 3 is 2.60 bits per heavy atom. The van der Waals surface area contributed by atoms with Crippen LogP contribution in [-0.4, -0.2) is 4.98 Å². The topological polar surface area (TPSA) is 36.7 Å². The Morgan fingerprint density at radius 2 is 2.15 bits per heavy atom. The van der Waals surface area contributed by atoms with E-state index in [9.17, 15) is 13.2 Å². The zero-order valence-electron chi connectivity index (χ0n) is 9.78. The molecule has 0 unspecified atom stereocenters. The van der Waals surface area contributed by atoms with Crippen LogP contribution in [0.4, 0.5) is 13.2 Å². The maximum absolute atomic E-state index is 12.4. The van der Waals surface area contributed by atoms with Gasteiger partial charge in [0.2, 0.25) is 0 Å². The molecule has 0 bridgehead atoms. The van der Waals surface area contributed by atoms with Gasteiger partial charge in [-0.1, -0.05) is 0 Å². The Hall–Kier alpha value is -1.65. The summed E-state index contributed by atoms with van der Waals surface area (Å²) in [4.78, 5) is 3.70. The molecule has 2 nitrogen and oxygen atoms in total. The molecule has 2 rings (SSSR count). The van der Waals surface area contributed by atoms with Crippen molar-refractivity contribution in [2.45, 2.75) is 6.18 Å². The van der Waals surface area contributed by atoms with Crippen molar-refractivity contribution in [1.29, 1.82) is 5.26 Å². The fourth-order valence-electron chi connectivity index (χ4n) is 1.45. The predicted octanol–water partition coefficient (Wildman–Crippen LogP) is 4.99. The van der Waals surface area contributed by atoms with Crippen molar-refractivity contribution in [3.8, 4) is 6.07 Å². The third-order valence-corrected chi connectivity index (χ3v) is 3.91. The Labute approximate surface area is 125 Å². The molecule has 2 heterocycles. The lowest BCUT2D eigenvalue weighted by Gasteiger charge is -2.06. The molecule has 0 aromatic carbocycles. The largest absolute Gasteiger partial charge is 0.417 e. The SMILES string of the molecule is N#C/C(=C\c1csc(Br)c1)c1ccc(C(F)(F)F)cn1. The van der Waals surface area contributed by atoms with E-state index in [4.69, 9.17) is 5.26 Å². The highest BCUT2D eigenvalue weighted by atomic mass is 79.9. The third-order valence-electron chi connectivity index (χ3n) is 2.39. The zero-order valence-corrected chi connectivity index (χ0v) is 12.2. The molecule has 2 aromatic heterocycles. The van der Waals surface area contributed by atoms with Crippen molar-refractivity contribution in [3.05, 3.63) is 50.4 Å². The van der Waals surface area contributed by atoms with E-state index in [-0.39, 0.29) is 11.3 Å². The average molecular weight is 359 g/mol. The van der Waals surface area contributed by atoms with E-state index in [0.717, 1.165) is 21.6 Å². The number of nitriles is 1. The summed E-state index contributed by atoms with van der Waals surface area (Å²) in [6.07, 6.45) is -2.12. The Kier molecular flexibility index (Phi) is 4.26. The highest BCUT2D eigenvalue weighted by molar-refractivity contribution is 9.11. The molecule has 20 heavy (non-hydrogen) atoms. The van der Waals surface area contributed by atoms with Crippen LogP contribution in [-0.2, 0) is 6.18 Å². The molecule has 0 radical (unpaired) electrons. The first-order chi connectivity index (χ1) is 9.40. The summed E-state index contributed by atoms with van der Waals surface area (Å²) < 4.78 is 38.2. The fourth-order valence-corrected chi connectivity index (χ4v) is 2.58. The summed E-state index contributed by atoms with van der Waals surface area (Å²) in [5, 5.41) is 10.9. The van der Waals surface area contributed by atoms with Gasteiger partial charge in [0.05, 0.1) is 20.6 Å². The van der Waals surface area contributed by atoms with Crippen LogP contribution in [0, 0.1) is 11.3 Å². The first-order valence-corrected chi connectivity index (χ1v) is 6.97. The average Bonchev–Trinajstić information content (AvgIpc) is 2.81. The van der Waals surface area contributed by atoms with Crippen LogP contribution in [0.2, 0.25) is 0 Å². The van der Waals surface area contributed by atoms with Crippen LogP contribution in [0.3, 0.4) is 0 Å². The minimum atomic E-state index is -4.43.